The van der Waals surface area contributed by atoms with Crippen molar-refractivity contribution in [3.05, 3.63) is 29.3 Å². The van der Waals surface area contributed by atoms with Crippen LogP contribution in [0, 0.1) is 19.8 Å². The summed E-state index contributed by atoms with van der Waals surface area (Å²) >= 11 is 0. The molecule has 2 rings (SSSR count). The molecule has 1 aliphatic rings. The standard InChI is InChI=1S/C18H27N3O2/c1-4-16(22)19-11-15-9-6-10-21(12-15)18(23)20-17-13(2)7-5-8-14(17)3/h5,7-8,15H,4,6,9-12H2,1-3H3,(H,19,22)(H,20,23)/t15-/m1/s1. The highest BCUT2D eigenvalue weighted by atomic mass is 16.2. The zero-order valence-electron chi connectivity index (χ0n) is 14.3. The number of aryl methyl sites for hydroxylation is 2. The maximum atomic E-state index is 12.5. The van der Waals surface area contributed by atoms with E-state index in [9.17, 15) is 9.59 Å². The molecule has 1 fully saturated rings. The van der Waals surface area contributed by atoms with Gasteiger partial charge in [0.05, 0.1) is 0 Å². The van der Waals surface area contributed by atoms with Gasteiger partial charge in [0.1, 0.15) is 0 Å². The topological polar surface area (TPSA) is 61.4 Å². The van der Waals surface area contributed by atoms with E-state index in [4.69, 9.17) is 0 Å². The minimum Gasteiger partial charge on any atom is -0.356 e. The predicted octanol–water partition coefficient (Wildman–Crippen LogP) is 3.07. The number of carbonyl (C=O) groups excluding carboxylic acids is 2. The number of benzene rings is 1. The fourth-order valence-electron chi connectivity index (χ4n) is 3.00. The van der Waals surface area contributed by atoms with Gasteiger partial charge in [0, 0.05) is 31.7 Å². The van der Waals surface area contributed by atoms with Gasteiger partial charge in [0.15, 0.2) is 0 Å². The molecule has 5 heteroatoms. The second-order valence-corrected chi connectivity index (χ2v) is 6.31. The first-order valence-corrected chi connectivity index (χ1v) is 8.40. The SMILES string of the molecule is CCC(=O)NC[C@H]1CCCN(C(=O)Nc2c(C)cccc2C)C1. The van der Waals surface area contributed by atoms with Crippen LogP contribution >= 0.6 is 0 Å². The van der Waals surface area contributed by atoms with E-state index in [1.165, 1.54) is 0 Å². The Morgan fingerprint density at radius 2 is 1.96 bits per heavy atom. The van der Waals surface area contributed by atoms with Gasteiger partial charge in [-0.1, -0.05) is 25.1 Å². The molecule has 5 nitrogen and oxygen atoms in total. The maximum absolute atomic E-state index is 12.5. The van der Waals surface area contributed by atoms with Crippen molar-refractivity contribution in [2.75, 3.05) is 25.0 Å². The van der Waals surface area contributed by atoms with Crippen LogP contribution in [-0.2, 0) is 4.79 Å². The molecule has 23 heavy (non-hydrogen) atoms. The van der Waals surface area contributed by atoms with E-state index in [0.717, 1.165) is 36.2 Å². The van der Waals surface area contributed by atoms with Crippen LogP contribution in [0.15, 0.2) is 18.2 Å². The van der Waals surface area contributed by atoms with Crippen molar-refractivity contribution < 1.29 is 9.59 Å². The Bertz CT molecular complexity index is 551. The van der Waals surface area contributed by atoms with Crippen molar-refractivity contribution in [2.24, 2.45) is 5.92 Å². The first kappa shape index (κ1) is 17.3. The van der Waals surface area contributed by atoms with E-state index in [-0.39, 0.29) is 11.9 Å². The van der Waals surface area contributed by atoms with Gasteiger partial charge in [0.2, 0.25) is 5.91 Å². The smallest absolute Gasteiger partial charge is 0.321 e. The lowest BCUT2D eigenvalue weighted by molar-refractivity contribution is -0.121. The molecule has 126 valence electrons. The lowest BCUT2D eigenvalue weighted by Crippen LogP contribution is -2.45. The molecule has 3 amide bonds. The molecule has 1 saturated heterocycles. The third-order valence-corrected chi connectivity index (χ3v) is 4.43. The van der Waals surface area contributed by atoms with E-state index in [2.05, 4.69) is 10.6 Å². The molecule has 0 radical (unpaired) electrons. The van der Waals surface area contributed by atoms with Crippen LogP contribution in [0.5, 0.6) is 0 Å². The summed E-state index contributed by atoms with van der Waals surface area (Å²) in [5.41, 5.74) is 3.04. The summed E-state index contributed by atoms with van der Waals surface area (Å²) in [5, 5.41) is 5.98. The second kappa shape index (κ2) is 7.99. The van der Waals surface area contributed by atoms with Crippen LogP contribution in [0.1, 0.15) is 37.3 Å². The third kappa shape index (κ3) is 4.71. The van der Waals surface area contributed by atoms with E-state index >= 15 is 0 Å². The molecule has 1 aromatic rings. The van der Waals surface area contributed by atoms with Crippen molar-refractivity contribution in [1.29, 1.82) is 0 Å². The third-order valence-electron chi connectivity index (χ3n) is 4.43. The number of likely N-dealkylation sites (tertiary alicyclic amines) is 1. The summed E-state index contributed by atoms with van der Waals surface area (Å²) in [7, 11) is 0. The molecule has 1 atom stereocenters. The predicted molar refractivity (Wildman–Crippen MR) is 92.5 cm³/mol. The molecular weight excluding hydrogens is 290 g/mol. The van der Waals surface area contributed by atoms with Crippen molar-refractivity contribution in [1.82, 2.24) is 10.2 Å². The van der Waals surface area contributed by atoms with Crippen LogP contribution in [0.25, 0.3) is 0 Å². The Morgan fingerprint density at radius 3 is 2.61 bits per heavy atom. The van der Waals surface area contributed by atoms with Gasteiger partial charge in [-0.05, 0) is 43.7 Å². The normalized spacial score (nSPS) is 17.7. The number of carbonyl (C=O) groups is 2. The Labute approximate surface area is 138 Å². The highest BCUT2D eigenvalue weighted by Gasteiger charge is 2.24. The van der Waals surface area contributed by atoms with Crippen LogP contribution in [0.3, 0.4) is 0 Å². The van der Waals surface area contributed by atoms with Crippen molar-refractivity contribution >= 4 is 17.6 Å². The quantitative estimate of drug-likeness (QED) is 0.896. The fraction of sp³-hybridized carbons (Fsp3) is 0.556. The molecule has 1 aliphatic heterocycles. The average molecular weight is 317 g/mol. The number of nitrogens with zero attached hydrogens (tertiary/aromatic N) is 1. The van der Waals surface area contributed by atoms with E-state index in [0.29, 0.717) is 25.4 Å². The van der Waals surface area contributed by atoms with Gasteiger partial charge in [0.25, 0.3) is 0 Å². The van der Waals surface area contributed by atoms with Crippen LogP contribution in [0.4, 0.5) is 10.5 Å². The van der Waals surface area contributed by atoms with E-state index < -0.39 is 0 Å². The molecule has 1 heterocycles. The first-order valence-electron chi connectivity index (χ1n) is 8.40. The summed E-state index contributed by atoms with van der Waals surface area (Å²) in [5.74, 6) is 0.407. The number of urea groups is 1. The van der Waals surface area contributed by atoms with Crippen molar-refractivity contribution in [3.63, 3.8) is 0 Å². The first-order chi connectivity index (χ1) is 11.0. The highest BCUT2D eigenvalue weighted by Crippen LogP contribution is 2.22. The Balaban J connectivity index is 1.93. The number of piperidine rings is 1. The summed E-state index contributed by atoms with van der Waals surface area (Å²) in [6.45, 7) is 7.97. The van der Waals surface area contributed by atoms with Crippen LogP contribution < -0.4 is 10.6 Å². The van der Waals surface area contributed by atoms with Gasteiger partial charge in [-0.15, -0.1) is 0 Å². The molecule has 2 N–H and O–H groups in total. The molecular formula is C18H27N3O2. The monoisotopic (exact) mass is 317 g/mol. The molecule has 0 unspecified atom stereocenters. The summed E-state index contributed by atoms with van der Waals surface area (Å²) in [4.78, 5) is 25.8. The summed E-state index contributed by atoms with van der Waals surface area (Å²) in [6.07, 6.45) is 2.54. The molecule has 1 aromatic carbocycles. The van der Waals surface area contributed by atoms with Gasteiger partial charge in [-0.2, -0.15) is 0 Å². The zero-order chi connectivity index (χ0) is 16.8. The van der Waals surface area contributed by atoms with E-state index in [1.54, 1.807) is 0 Å². The fourth-order valence-corrected chi connectivity index (χ4v) is 3.00. The lowest BCUT2D eigenvalue weighted by Gasteiger charge is -2.33. The number of hydrogen-bond donors (Lipinski definition) is 2. The zero-order valence-corrected chi connectivity index (χ0v) is 14.3. The Kier molecular flexibility index (Phi) is 6.02. The largest absolute Gasteiger partial charge is 0.356 e. The molecule has 0 aliphatic carbocycles. The summed E-state index contributed by atoms with van der Waals surface area (Å²) in [6, 6.07) is 5.95. The maximum Gasteiger partial charge on any atom is 0.321 e. The van der Waals surface area contributed by atoms with Crippen molar-refractivity contribution in [3.8, 4) is 0 Å². The second-order valence-electron chi connectivity index (χ2n) is 6.31. The Morgan fingerprint density at radius 1 is 1.26 bits per heavy atom. The number of nitrogens with one attached hydrogen (secondary N) is 2. The van der Waals surface area contributed by atoms with Crippen LogP contribution in [0.2, 0.25) is 0 Å². The Hall–Kier alpha value is -2.04. The van der Waals surface area contributed by atoms with Gasteiger partial charge in [-0.3, -0.25) is 4.79 Å². The number of para-hydroxylation sites is 1. The number of rotatable bonds is 4. The molecule has 0 aromatic heterocycles. The minimum absolute atomic E-state index is 0.0473. The van der Waals surface area contributed by atoms with Gasteiger partial charge in [-0.25, -0.2) is 4.79 Å². The number of amides is 3. The van der Waals surface area contributed by atoms with E-state index in [1.807, 2.05) is 43.9 Å². The average Bonchev–Trinajstić information content (AvgIpc) is 2.56. The number of hydrogen-bond acceptors (Lipinski definition) is 2. The minimum atomic E-state index is -0.0473. The molecule has 0 saturated carbocycles. The van der Waals surface area contributed by atoms with Crippen LogP contribution in [-0.4, -0.2) is 36.5 Å². The molecule has 0 spiro atoms. The number of anilines is 1. The lowest BCUT2D eigenvalue weighted by atomic mass is 9.98. The molecule has 0 bridgehead atoms. The van der Waals surface area contributed by atoms with Gasteiger partial charge >= 0.3 is 6.03 Å². The van der Waals surface area contributed by atoms with Crippen molar-refractivity contribution in [2.45, 2.75) is 40.0 Å². The summed E-state index contributed by atoms with van der Waals surface area (Å²) < 4.78 is 0. The van der Waals surface area contributed by atoms with Gasteiger partial charge < -0.3 is 15.5 Å². The highest BCUT2D eigenvalue weighted by molar-refractivity contribution is 5.91.